The van der Waals surface area contributed by atoms with Crippen molar-refractivity contribution in [1.29, 1.82) is 0 Å². The Balaban J connectivity index is 1.56. The van der Waals surface area contributed by atoms with Crippen LogP contribution in [0.5, 0.6) is 5.75 Å². The number of hydrazone groups is 1. The number of carbonyl (C=O) groups is 1. The molecular formula is C21H20N2O2S. The number of fused-ring (bicyclic) bond motifs is 1. The quantitative estimate of drug-likeness (QED) is 0.508. The minimum Gasteiger partial charge on any atom is -0.507 e. The summed E-state index contributed by atoms with van der Waals surface area (Å²) in [5.74, 6) is 1.08. The smallest absolute Gasteiger partial charge is 0.250 e. The van der Waals surface area contributed by atoms with Crippen LogP contribution in [0.15, 0.2) is 65.8 Å². The first kappa shape index (κ1) is 18.0. The molecule has 3 aromatic carbocycles. The van der Waals surface area contributed by atoms with Gasteiger partial charge in [0.05, 0.1) is 12.0 Å². The van der Waals surface area contributed by atoms with E-state index < -0.39 is 0 Å². The highest BCUT2D eigenvalue weighted by Crippen LogP contribution is 2.25. The minimum atomic E-state index is -0.167. The number of hydrogen-bond acceptors (Lipinski definition) is 4. The third-order valence-electron chi connectivity index (χ3n) is 4.08. The molecule has 0 bridgehead atoms. The maximum Gasteiger partial charge on any atom is 0.250 e. The van der Waals surface area contributed by atoms with Crippen LogP contribution in [0.4, 0.5) is 0 Å². The molecular weight excluding hydrogens is 344 g/mol. The summed E-state index contributed by atoms with van der Waals surface area (Å²) in [6.07, 6.45) is 1.49. The first-order valence-corrected chi connectivity index (χ1v) is 9.45. The largest absolute Gasteiger partial charge is 0.507 e. The van der Waals surface area contributed by atoms with Gasteiger partial charge in [-0.25, -0.2) is 5.43 Å². The molecule has 0 heterocycles. The fourth-order valence-electron chi connectivity index (χ4n) is 2.65. The Morgan fingerprint density at radius 1 is 1.12 bits per heavy atom. The minimum absolute atomic E-state index is 0.135. The third kappa shape index (κ3) is 4.43. The molecule has 3 rings (SSSR count). The summed E-state index contributed by atoms with van der Waals surface area (Å²) in [5, 5.41) is 16.0. The van der Waals surface area contributed by atoms with E-state index in [-0.39, 0.29) is 11.7 Å². The van der Waals surface area contributed by atoms with E-state index in [9.17, 15) is 9.90 Å². The van der Waals surface area contributed by atoms with Crippen molar-refractivity contribution >= 4 is 34.7 Å². The van der Waals surface area contributed by atoms with E-state index in [2.05, 4.69) is 29.6 Å². The molecule has 0 spiro atoms. The summed E-state index contributed by atoms with van der Waals surface area (Å²) in [7, 11) is 0. The van der Waals surface area contributed by atoms with Crippen molar-refractivity contribution in [1.82, 2.24) is 5.43 Å². The first-order chi connectivity index (χ1) is 12.6. The van der Waals surface area contributed by atoms with Gasteiger partial charge < -0.3 is 5.11 Å². The first-order valence-electron chi connectivity index (χ1n) is 8.30. The van der Waals surface area contributed by atoms with Crippen LogP contribution in [0, 0.1) is 6.92 Å². The van der Waals surface area contributed by atoms with Gasteiger partial charge in [-0.1, -0.05) is 54.6 Å². The van der Waals surface area contributed by atoms with Crippen molar-refractivity contribution in [3.8, 4) is 5.75 Å². The maximum absolute atomic E-state index is 11.9. The van der Waals surface area contributed by atoms with Crippen molar-refractivity contribution in [2.45, 2.75) is 12.7 Å². The molecule has 26 heavy (non-hydrogen) atoms. The molecule has 0 aliphatic carbocycles. The Hall–Kier alpha value is -2.79. The molecule has 4 nitrogen and oxygen atoms in total. The maximum atomic E-state index is 11.9. The van der Waals surface area contributed by atoms with Gasteiger partial charge in [-0.3, -0.25) is 4.79 Å². The van der Waals surface area contributed by atoms with E-state index in [4.69, 9.17) is 0 Å². The average Bonchev–Trinajstić information content (AvgIpc) is 2.65. The van der Waals surface area contributed by atoms with Gasteiger partial charge in [-0.05, 0) is 34.9 Å². The Morgan fingerprint density at radius 2 is 1.88 bits per heavy atom. The number of phenolic OH excluding ortho intramolecular Hbond substituents is 1. The van der Waals surface area contributed by atoms with Crippen LogP contribution in [-0.4, -0.2) is 23.0 Å². The number of carbonyl (C=O) groups excluding carboxylic acids is 1. The van der Waals surface area contributed by atoms with E-state index in [1.54, 1.807) is 17.8 Å². The number of amides is 1. The monoisotopic (exact) mass is 364 g/mol. The zero-order valence-electron chi connectivity index (χ0n) is 14.5. The van der Waals surface area contributed by atoms with E-state index in [1.165, 1.54) is 17.3 Å². The lowest BCUT2D eigenvalue weighted by Crippen LogP contribution is -2.19. The fourth-order valence-corrected chi connectivity index (χ4v) is 3.54. The molecule has 0 fully saturated rings. The van der Waals surface area contributed by atoms with Crippen LogP contribution >= 0.6 is 11.8 Å². The predicted octanol–water partition coefficient (Wildman–Crippen LogP) is 4.24. The number of rotatable bonds is 6. The van der Waals surface area contributed by atoms with Gasteiger partial charge in [0.25, 0.3) is 0 Å². The Labute approximate surface area is 156 Å². The van der Waals surface area contributed by atoms with E-state index in [1.807, 2.05) is 42.5 Å². The summed E-state index contributed by atoms with van der Waals surface area (Å²) in [6.45, 7) is 2.07. The number of aryl methyl sites for hydroxylation is 1. The van der Waals surface area contributed by atoms with Crippen LogP contribution in [0.3, 0.4) is 0 Å². The van der Waals surface area contributed by atoms with Gasteiger partial charge in [-0.15, -0.1) is 11.8 Å². The van der Waals surface area contributed by atoms with Crippen molar-refractivity contribution in [2.75, 3.05) is 5.75 Å². The average molecular weight is 364 g/mol. The third-order valence-corrected chi connectivity index (χ3v) is 5.06. The second kappa shape index (κ2) is 8.54. The van der Waals surface area contributed by atoms with E-state index >= 15 is 0 Å². The van der Waals surface area contributed by atoms with Gasteiger partial charge in [0.1, 0.15) is 5.75 Å². The van der Waals surface area contributed by atoms with Crippen LogP contribution in [0.2, 0.25) is 0 Å². The van der Waals surface area contributed by atoms with Crippen molar-refractivity contribution in [2.24, 2.45) is 5.10 Å². The second-order valence-corrected chi connectivity index (χ2v) is 6.92. The summed E-state index contributed by atoms with van der Waals surface area (Å²) in [6, 6.07) is 19.3. The van der Waals surface area contributed by atoms with Gasteiger partial charge in [0, 0.05) is 11.3 Å². The standard InChI is InChI=1S/C21H20N2O2S/c1-15-6-2-3-8-17(15)13-26-14-21(25)23-22-12-19-18-9-5-4-7-16(18)10-11-20(19)24/h2-12,24H,13-14H2,1H3,(H,23,25)/b22-12-. The fraction of sp³-hybridized carbons (Fsp3) is 0.143. The molecule has 0 unspecified atom stereocenters. The lowest BCUT2D eigenvalue weighted by Gasteiger charge is -2.06. The summed E-state index contributed by atoms with van der Waals surface area (Å²) < 4.78 is 0. The molecule has 0 saturated carbocycles. The van der Waals surface area contributed by atoms with Crippen LogP contribution in [0.25, 0.3) is 10.8 Å². The van der Waals surface area contributed by atoms with E-state index in [0.29, 0.717) is 11.3 Å². The van der Waals surface area contributed by atoms with E-state index in [0.717, 1.165) is 16.5 Å². The number of nitrogens with one attached hydrogen (secondary N) is 1. The number of nitrogens with zero attached hydrogens (tertiary/aromatic N) is 1. The van der Waals surface area contributed by atoms with Crippen LogP contribution in [0.1, 0.15) is 16.7 Å². The molecule has 0 saturated heterocycles. The zero-order valence-corrected chi connectivity index (χ0v) is 15.3. The molecule has 0 radical (unpaired) electrons. The van der Waals surface area contributed by atoms with Gasteiger partial charge in [0.2, 0.25) is 5.91 Å². The zero-order chi connectivity index (χ0) is 18.4. The Morgan fingerprint density at radius 3 is 2.73 bits per heavy atom. The molecule has 1 amide bonds. The lowest BCUT2D eigenvalue weighted by atomic mass is 10.0. The van der Waals surface area contributed by atoms with Gasteiger partial charge in [-0.2, -0.15) is 5.10 Å². The van der Waals surface area contributed by atoms with Gasteiger partial charge in [0.15, 0.2) is 0 Å². The topological polar surface area (TPSA) is 61.7 Å². The lowest BCUT2D eigenvalue weighted by molar-refractivity contribution is -0.118. The Bertz CT molecular complexity index is 954. The number of aromatic hydroxyl groups is 1. The number of phenols is 1. The highest BCUT2D eigenvalue weighted by atomic mass is 32.2. The highest BCUT2D eigenvalue weighted by Gasteiger charge is 2.05. The van der Waals surface area contributed by atoms with Crippen molar-refractivity contribution in [3.63, 3.8) is 0 Å². The number of benzene rings is 3. The molecule has 0 aliphatic rings. The summed E-state index contributed by atoms with van der Waals surface area (Å²) in [5.41, 5.74) is 5.57. The van der Waals surface area contributed by atoms with Crippen molar-refractivity contribution in [3.05, 3.63) is 77.4 Å². The molecule has 0 aliphatic heterocycles. The predicted molar refractivity (Wildman–Crippen MR) is 109 cm³/mol. The molecule has 132 valence electrons. The van der Waals surface area contributed by atoms with Gasteiger partial charge >= 0.3 is 0 Å². The molecule has 2 N–H and O–H groups in total. The second-order valence-electron chi connectivity index (χ2n) is 5.93. The highest BCUT2D eigenvalue weighted by molar-refractivity contribution is 7.99. The molecule has 0 aromatic heterocycles. The SMILES string of the molecule is Cc1ccccc1CSCC(=O)N/N=C\c1c(O)ccc2ccccc12. The molecule has 0 atom stereocenters. The van der Waals surface area contributed by atoms with Crippen molar-refractivity contribution < 1.29 is 9.90 Å². The molecule has 3 aromatic rings. The number of thioether (sulfide) groups is 1. The van der Waals surface area contributed by atoms with Crippen LogP contribution < -0.4 is 5.43 Å². The summed E-state index contributed by atoms with van der Waals surface area (Å²) in [4.78, 5) is 11.9. The summed E-state index contributed by atoms with van der Waals surface area (Å²) >= 11 is 1.55. The molecule has 5 heteroatoms. The number of hydrogen-bond donors (Lipinski definition) is 2. The normalized spacial score (nSPS) is 11.1. The van der Waals surface area contributed by atoms with Crippen LogP contribution in [-0.2, 0) is 10.5 Å². The Kier molecular flexibility index (Phi) is 5.92.